The summed E-state index contributed by atoms with van der Waals surface area (Å²) < 4.78 is 0. The van der Waals surface area contributed by atoms with Crippen LogP contribution in [0, 0.1) is 5.41 Å². The lowest BCUT2D eigenvalue weighted by Crippen LogP contribution is -2.43. The molecule has 0 radical (unpaired) electrons. The molecule has 3 amide bonds. The van der Waals surface area contributed by atoms with Gasteiger partial charge in [0.1, 0.15) is 0 Å². The lowest BCUT2D eigenvalue weighted by molar-refractivity contribution is -0.131. The van der Waals surface area contributed by atoms with E-state index in [1.54, 1.807) is 0 Å². The number of carboxylic acids is 1. The van der Waals surface area contributed by atoms with Gasteiger partial charge in [-0.15, -0.1) is 0 Å². The van der Waals surface area contributed by atoms with Gasteiger partial charge in [-0.1, -0.05) is 13.8 Å². The monoisotopic (exact) mass is 254 g/mol. The number of carbonyl (C=O) groups is 3. The van der Waals surface area contributed by atoms with Crippen molar-refractivity contribution in [1.29, 1.82) is 0 Å². The highest BCUT2D eigenvalue weighted by atomic mass is 16.4. The molecule has 1 fully saturated rings. The molecular weight excluding hydrogens is 236 g/mol. The van der Waals surface area contributed by atoms with E-state index in [2.05, 4.69) is 24.5 Å². The fourth-order valence-electron chi connectivity index (χ4n) is 2.08. The fraction of sp³-hybridized carbons (Fsp3) is 0.583. The largest absolute Gasteiger partial charge is 0.478 e. The molecule has 3 N–H and O–H groups in total. The summed E-state index contributed by atoms with van der Waals surface area (Å²) in [6.45, 7) is 4.26. The van der Waals surface area contributed by atoms with Crippen LogP contribution in [-0.4, -0.2) is 29.1 Å². The van der Waals surface area contributed by atoms with Crippen LogP contribution in [0.2, 0.25) is 0 Å². The predicted octanol–water partition coefficient (Wildman–Crippen LogP) is 1.03. The highest BCUT2D eigenvalue weighted by molar-refractivity contribution is 6.02. The second-order valence-electron chi connectivity index (χ2n) is 5.24. The maximum absolute atomic E-state index is 11.4. The molecule has 0 heterocycles. The van der Waals surface area contributed by atoms with Crippen molar-refractivity contribution in [3.05, 3.63) is 12.2 Å². The summed E-state index contributed by atoms with van der Waals surface area (Å²) in [5.74, 6) is -1.98. The maximum Gasteiger partial charge on any atom is 0.328 e. The number of amides is 3. The third-order valence-electron chi connectivity index (χ3n) is 2.92. The Kier molecular flexibility index (Phi) is 4.47. The third kappa shape index (κ3) is 4.99. The Morgan fingerprint density at radius 1 is 1.28 bits per heavy atom. The summed E-state index contributed by atoms with van der Waals surface area (Å²) in [5, 5.41) is 13.1. The van der Waals surface area contributed by atoms with Crippen LogP contribution >= 0.6 is 0 Å². The number of imide groups is 1. The second-order valence-corrected chi connectivity index (χ2v) is 5.24. The molecule has 6 nitrogen and oxygen atoms in total. The number of carbonyl (C=O) groups excluding carboxylic acids is 2. The molecule has 0 spiro atoms. The van der Waals surface area contributed by atoms with Gasteiger partial charge in [0.2, 0.25) is 0 Å². The number of carboxylic acid groups (broad SMARTS) is 1. The van der Waals surface area contributed by atoms with E-state index in [0.717, 1.165) is 25.3 Å². The first kappa shape index (κ1) is 14.2. The molecule has 0 bridgehead atoms. The minimum absolute atomic E-state index is 0.0660. The van der Waals surface area contributed by atoms with Gasteiger partial charge >= 0.3 is 12.0 Å². The Labute approximate surface area is 105 Å². The Hall–Kier alpha value is -1.85. The zero-order chi connectivity index (χ0) is 13.8. The molecule has 1 unspecified atom stereocenters. The SMILES string of the molecule is CC1(C)CCC(NC(=O)NC(=O)/C=C/C(=O)O)C1. The molecule has 6 heteroatoms. The van der Waals surface area contributed by atoms with Gasteiger partial charge in [-0.05, 0) is 24.7 Å². The molecule has 18 heavy (non-hydrogen) atoms. The van der Waals surface area contributed by atoms with Crippen molar-refractivity contribution in [2.45, 2.75) is 39.2 Å². The number of urea groups is 1. The minimum atomic E-state index is -1.23. The molecule has 1 aliphatic rings. The van der Waals surface area contributed by atoms with Crippen molar-refractivity contribution >= 4 is 17.9 Å². The summed E-state index contributed by atoms with van der Waals surface area (Å²) in [6.07, 6.45) is 4.28. The summed E-state index contributed by atoms with van der Waals surface area (Å²) >= 11 is 0. The Morgan fingerprint density at radius 2 is 1.94 bits per heavy atom. The van der Waals surface area contributed by atoms with E-state index in [0.29, 0.717) is 6.08 Å². The summed E-state index contributed by atoms with van der Waals surface area (Å²) in [5.41, 5.74) is 0.213. The minimum Gasteiger partial charge on any atom is -0.478 e. The van der Waals surface area contributed by atoms with Gasteiger partial charge in [0, 0.05) is 18.2 Å². The Morgan fingerprint density at radius 3 is 2.44 bits per heavy atom. The van der Waals surface area contributed by atoms with Crippen molar-refractivity contribution in [1.82, 2.24) is 10.6 Å². The maximum atomic E-state index is 11.4. The van der Waals surface area contributed by atoms with Crippen LogP contribution in [0.3, 0.4) is 0 Å². The van der Waals surface area contributed by atoms with Crippen LogP contribution < -0.4 is 10.6 Å². The van der Waals surface area contributed by atoms with E-state index in [1.165, 1.54) is 0 Å². The number of aliphatic carboxylic acids is 1. The van der Waals surface area contributed by atoms with Crippen molar-refractivity contribution in [2.24, 2.45) is 5.41 Å². The van der Waals surface area contributed by atoms with Crippen LogP contribution in [0.4, 0.5) is 4.79 Å². The van der Waals surface area contributed by atoms with Gasteiger partial charge in [0.15, 0.2) is 0 Å². The first-order valence-corrected chi connectivity index (χ1v) is 5.81. The smallest absolute Gasteiger partial charge is 0.328 e. The van der Waals surface area contributed by atoms with Crippen LogP contribution in [0.5, 0.6) is 0 Å². The van der Waals surface area contributed by atoms with E-state index in [-0.39, 0.29) is 11.5 Å². The Balaban J connectivity index is 2.34. The summed E-state index contributed by atoms with van der Waals surface area (Å²) in [4.78, 5) is 32.8. The molecule has 0 aromatic heterocycles. The van der Waals surface area contributed by atoms with E-state index in [1.807, 2.05) is 0 Å². The summed E-state index contributed by atoms with van der Waals surface area (Å²) in [6, 6.07) is -0.519. The molecule has 1 rings (SSSR count). The predicted molar refractivity (Wildman–Crippen MR) is 64.9 cm³/mol. The molecule has 0 aliphatic heterocycles. The summed E-state index contributed by atoms with van der Waals surface area (Å²) in [7, 11) is 0. The third-order valence-corrected chi connectivity index (χ3v) is 2.92. The number of hydrogen-bond acceptors (Lipinski definition) is 3. The lowest BCUT2D eigenvalue weighted by atomic mass is 9.92. The zero-order valence-corrected chi connectivity index (χ0v) is 10.5. The molecule has 1 aliphatic carbocycles. The van der Waals surface area contributed by atoms with Gasteiger partial charge in [0.05, 0.1) is 0 Å². The highest BCUT2D eigenvalue weighted by Gasteiger charge is 2.31. The molecule has 1 atom stereocenters. The van der Waals surface area contributed by atoms with Crippen molar-refractivity contribution < 1.29 is 19.5 Å². The quantitative estimate of drug-likeness (QED) is 0.655. The van der Waals surface area contributed by atoms with E-state index in [9.17, 15) is 14.4 Å². The topological polar surface area (TPSA) is 95.5 Å². The molecule has 0 aromatic carbocycles. The van der Waals surface area contributed by atoms with Crippen LogP contribution in [0.1, 0.15) is 33.1 Å². The van der Waals surface area contributed by atoms with E-state index < -0.39 is 17.9 Å². The van der Waals surface area contributed by atoms with Gasteiger partial charge < -0.3 is 10.4 Å². The molecule has 100 valence electrons. The van der Waals surface area contributed by atoms with Crippen molar-refractivity contribution in [3.63, 3.8) is 0 Å². The number of nitrogens with one attached hydrogen (secondary N) is 2. The van der Waals surface area contributed by atoms with Crippen LogP contribution in [0.15, 0.2) is 12.2 Å². The zero-order valence-electron chi connectivity index (χ0n) is 10.5. The number of hydrogen-bond donors (Lipinski definition) is 3. The van der Waals surface area contributed by atoms with E-state index >= 15 is 0 Å². The average molecular weight is 254 g/mol. The lowest BCUT2D eigenvalue weighted by Gasteiger charge is -2.17. The van der Waals surface area contributed by atoms with Crippen LogP contribution in [0.25, 0.3) is 0 Å². The molecular formula is C12H18N2O4. The highest BCUT2D eigenvalue weighted by Crippen LogP contribution is 2.36. The van der Waals surface area contributed by atoms with Gasteiger partial charge in [0.25, 0.3) is 5.91 Å². The second kappa shape index (κ2) is 5.66. The number of rotatable bonds is 3. The first-order valence-electron chi connectivity index (χ1n) is 5.81. The van der Waals surface area contributed by atoms with Crippen LogP contribution in [-0.2, 0) is 9.59 Å². The normalized spacial score (nSPS) is 21.8. The average Bonchev–Trinajstić information content (AvgIpc) is 2.54. The molecule has 0 aromatic rings. The van der Waals surface area contributed by atoms with Gasteiger partial charge in [-0.25, -0.2) is 9.59 Å². The molecule has 0 saturated heterocycles. The van der Waals surface area contributed by atoms with Gasteiger partial charge in [-0.2, -0.15) is 0 Å². The Bertz CT molecular complexity index is 388. The van der Waals surface area contributed by atoms with Crippen molar-refractivity contribution in [3.8, 4) is 0 Å². The van der Waals surface area contributed by atoms with E-state index in [4.69, 9.17) is 5.11 Å². The first-order chi connectivity index (χ1) is 8.28. The molecule has 1 saturated carbocycles. The fourth-order valence-corrected chi connectivity index (χ4v) is 2.08. The van der Waals surface area contributed by atoms with Gasteiger partial charge in [-0.3, -0.25) is 10.1 Å². The van der Waals surface area contributed by atoms with Crippen molar-refractivity contribution in [2.75, 3.05) is 0 Å². The standard InChI is InChI=1S/C12H18N2O4/c1-12(2)6-5-8(7-12)13-11(18)14-9(15)3-4-10(16)17/h3-4,8H,5-7H2,1-2H3,(H,16,17)(H2,13,14,15,18)/b4-3+.